The number of hydrogen-bond donors (Lipinski definition) is 2. The van der Waals surface area contributed by atoms with Gasteiger partial charge in [-0.25, -0.2) is 4.79 Å². The Bertz CT molecular complexity index is 990. The van der Waals surface area contributed by atoms with Gasteiger partial charge in [0.1, 0.15) is 6.04 Å². The van der Waals surface area contributed by atoms with Crippen LogP contribution in [-0.4, -0.2) is 53.3 Å². The van der Waals surface area contributed by atoms with Gasteiger partial charge >= 0.3 is 5.97 Å². The number of fused-ring (bicyclic) bond motifs is 2. The summed E-state index contributed by atoms with van der Waals surface area (Å²) in [5.74, 6) is -1.72. The van der Waals surface area contributed by atoms with E-state index in [-0.39, 0.29) is 43.0 Å². The van der Waals surface area contributed by atoms with E-state index in [1.807, 2.05) is 30.5 Å². The first-order chi connectivity index (χ1) is 15.0. The minimum absolute atomic E-state index is 0.0392. The standard InChI is InChI=1S/C23H27N3O5/c1-31-23(30)19(12-14-13-24-18-9-5-4-6-15(14)18)25-20(27)10-11-26-21(28)16-7-2-3-8-17(16)22(26)29/h4-6,9,13,16-17,19,24H,2-3,7-8,10-12H2,1H3,(H,25,27)/t16-,17-,19-/m1/s1. The zero-order chi connectivity index (χ0) is 22.0. The Hall–Kier alpha value is -3.16. The molecule has 4 rings (SSSR count). The lowest BCUT2D eigenvalue weighted by Gasteiger charge is -2.19. The number of H-pyrrole nitrogens is 1. The molecular weight excluding hydrogens is 398 g/mol. The van der Waals surface area contributed by atoms with E-state index in [9.17, 15) is 19.2 Å². The third-order valence-electron chi connectivity index (χ3n) is 6.41. The Morgan fingerprint density at radius 2 is 1.84 bits per heavy atom. The zero-order valence-corrected chi connectivity index (χ0v) is 17.6. The van der Waals surface area contributed by atoms with Gasteiger partial charge in [0.15, 0.2) is 0 Å². The number of nitrogens with one attached hydrogen (secondary N) is 2. The summed E-state index contributed by atoms with van der Waals surface area (Å²) in [5.41, 5.74) is 1.83. The number of amides is 3. The van der Waals surface area contributed by atoms with Crippen molar-refractivity contribution in [1.82, 2.24) is 15.2 Å². The van der Waals surface area contributed by atoms with Crippen LogP contribution in [-0.2, 0) is 30.3 Å². The molecule has 1 aliphatic heterocycles. The van der Waals surface area contributed by atoms with Crippen molar-refractivity contribution in [3.63, 3.8) is 0 Å². The molecule has 1 aromatic heterocycles. The van der Waals surface area contributed by atoms with Crippen molar-refractivity contribution in [2.45, 2.75) is 44.6 Å². The van der Waals surface area contributed by atoms with Crippen LogP contribution in [0.3, 0.4) is 0 Å². The summed E-state index contributed by atoms with van der Waals surface area (Å²) in [7, 11) is 1.28. The number of benzene rings is 1. The second-order valence-corrected chi connectivity index (χ2v) is 8.28. The smallest absolute Gasteiger partial charge is 0.328 e. The van der Waals surface area contributed by atoms with Crippen molar-refractivity contribution in [2.75, 3.05) is 13.7 Å². The fourth-order valence-electron chi connectivity index (χ4n) is 4.79. The first kappa shape index (κ1) is 21.1. The SMILES string of the molecule is COC(=O)[C@@H](Cc1c[nH]c2ccccc12)NC(=O)CCN1C(=O)[C@@H]2CCCC[C@H]2C1=O. The number of aromatic amines is 1. The van der Waals surface area contributed by atoms with E-state index in [1.54, 1.807) is 0 Å². The molecule has 2 fully saturated rings. The van der Waals surface area contributed by atoms with Gasteiger partial charge < -0.3 is 15.0 Å². The molecule has 0 radical (unpaired) electrons. The maximum absolute atomic E-state index is 12.6. The molecule has 1 saturated carbocycles. The predicted octanol–water partition coefficient (Wildman–Crippen LogP) is 1.93. The van der Waals surface area contributed by atoms with Crippen molar-refractivity contribution in [3.05, 3.63) is 36.0 Å². The van der Waals surface area contributed by atoms with Gasteiger partial charge in [-0.2, -0.15) is 0 Å². The molecule has 0 bridgehead atoms. The lowest BCUT2D eigenvalue weighted by molar-refractivity contribution is -0.145. The number of rotatable bonds is 7. The summed E-state index contributed by atoms with van der Waals surface area (Å²) in [6, 6.07) is 6.85. The Balaban J connectivity index is 1.38. The van der Waals surface area contributed by atoms with Crippen LogP contribution in [0.5, 0.6) is 0 Å². The number of carbonyl (C=O) groups is 4. The molecule has 0 spiro atoms. The summed E-state index contributed by atoms with van der Waals surface area (Å²) >= 11 is 0. The summed E-state index contributed by atoms with van der Waals surface area (Å²) in [6.45, 7) is 0.0392. The van der Waals surface area contributed by atoms with Gasteiger partial charge in [0.05, 0.1) is 18.9 Å². The molecule has 1 saturated heterocycles. The molecule has 2 aromatic rings. The molecule has 1 aromatic carbocycles. The maximum atomic E-state index is 12.6. The van der Waals surface area contributed by atoms with Gasteiger partial charge in [0.25, 0.3) is 0 Å². The monoisotopic (exact) mass is 425 g/mol. The number of nitrogens with zero attached hydrogens (tertiary/aromatic N) is 1. The number of ether oxygens (including phenoxy) is 1. The molecule has 2 heterocycles. The Labute approximate surface area is 180 Å². The summed E-state index contributed by atoms with van der Waals surface area (Å²) < 4.78 is 4.87. The van der Waals surface area contributed by atoms with Crippen LogP contribution in [0.1, 0.15) is 37.7 Å². The topological polar surface area (TPSA) is 109 Å². The van der Waals surface area contributed by atoms with E-state index >= 15 is 0 Å². The highest BCUT2D eigenvalue weighted by atomic mass is 16.5. The minimum Gasteiger partial charge on any atom is -0.467 e. The van der Waals surface area contributed by atoms with E-state index in [1.165, 1.54) is 12.0 Å². The van der Waals surface area contributed by atoms with Gasteiger partial charge in [-0.05, 0) is 24.5 Å². The first-order valence-electron chi connectivity index (χ1n) is 10.8. The van der Waals surface area contributed by atoms with Crippen LogP contribution < -0.4 is 5.32 Å². The molecule has 2 N–H and O–H groups in total. The molecular formula is C23H27N3O5. The van der Waals surface area contributed by atoms with E-state index in [4.69, 9.17) is 4.74 Å². The Morgan fingerprint density at radius 1 is 1.16 bits per heavy atom. The number of methoxy groups -OCH3 is 1. The summed E-state index contributed by atoms with van der Waals surface area (Å²) in [6.07, 6.45) is 5.45. The maximum Gasteiger partial charge on any atom is 0.328 e. The second kappa shape index (κ2) is 8.91. The summed E-state index contributed by atoms with van der Waals surface area (Å²) in [5, 5.41) is 3.68. The molecule has 8 heteroatoms. The van der Waals surface area contributed by atoms with Gasteiger partial charge in [0, 0.05) is 36.5 Å². The number of aromatic nitrogens is 1. The quantitative estimate of drug-likeness (QED) is 0.521. The molecule has 3 atom stereocenters. The van der Waals surface area contributed by atoms with Crippen LogP contribution >= 0.6 is 0 Å². The van der Waals surface area contributed by atoms with Crippen LogP contribution in [0.25, 0.3) is 10.9 Å². The van der Waals surface area contributed by atoms with E-state index in [2.05, 4.69) is 10.3 Å². The van der Waals surface area contributed by atoms with Crippen molar-refractivity contribution in [2.24, 2.45) is 11.8 Å². The number of para-hydroxylation sites is 1. The largest absolute Gasteiger partial charge is 0.467 e. The molecule has 8 nitrogen and oxygen atoms in total. The number of hydrogen-bond acceptors (Lipinski definition) is 5. The third kappa shape index (κ3) is 4.19. The first-order valence-corrected chi connectivity index (χ1v) is 10.8. The highest BCUT2D eigenvalue weighted by molar-refractivity contribution is 6.05. The Morgan fingerprint density at radius 3 is 2.52 bits per heavy atom. The third-order valence-corrected chi connectivity index (χ3v) is 6.41. The van der Waals surface area contributed by atoms with Crippen molar-refractivity contribution in [3.8, 4) is 0 Å². The molecule has 164 valence electrons. The average Bonchev–Trinajstić information content (AvgIpc) is 3.30. The molecule has 31 heavy (non-hydrogen) atoms. The van der Waals surface area contributed by atoms with Crippen molar-refractivity contribution in [1.29, 1.82) is 0 Å². The fraction of sp³-hybridized carbons (Fsp3) is 0.478. The molecule has 1 aliphatic carbocycles. The van der Waals surface area contributed by atoms with E-state index in [0.717, 1.165) is 42.1 Å². The number of imide groups is 1. The average molecular weight is 425 g/mol. The van der Waals surface area contributed by atoms with Crippen LogP contribution in [0, 0.1) is 11.8 Å². The summed E-state index contributed by atoms with van der Waals surface area (Å²) in [4.78, 5) is 54.4. The number of esters is 1. The lowest BCUT2D eigenvalue weighted by atomic mass is 9.81. The zero-order valence-electron chi connectivity index (χ0n) is 17.6. The van der Waals surface area contributed by atoms with Gasteiger partial charge in [-0.15, -0.1) is 0 Å². The van der Waals surface area contributed by atoms with Crippen molar-refractivity contribution >= 4 is 34.6 Å². The van der Waals surface area contributed by atoms with E-state index in [0.29, 0.717) is 0 Å². The van der Waals surface area contributed by atoms with Gasteiger partial charge in [-0.1, -0.05) is 31.0 Å². The van der Waals surface area contributed by atoms with Crippen LogP contribution in [0.2, 0.25) is 0 Å². The molecule has 0 unspecified atom stereocenters. The minimum atomic E-state index is -0.857. The fourth-order valence-corrected chi connectivity index (χ4v) is 4.79. The van der Waals surface area contributed by atoms with Gasteiger partial charge in [-0.3, -0.25) is 19.3 Å². The normalized spacial score (nSPS) is 21.8. The van der Waals surface area contributed by atoms with Gasteiger partial charge in [0.2, 0.25) is 17.7 Å². The molecule has 3 amide bonds. The second-order valence-electron chi connectivity index (χ2n) is 8.28. The number of carbonyl (C=O) groups excluding carboxylic acids is 4. The predicted molar refractivity (Wildman–Crippen MR) is 113 cm³/mol. The highest BCUT2D eigenvalue weighted by Crippen LogP contribution is 2.37. The lowest BCUT2D eigenvalue weighted by Crippen LogP contribution is -2.44. The van der Waals surface area contributed by atoms with Crippen LogP contribution in [0.15, 0.2) is 30.5 Å². The highest BCUT2D eigenvalue weighted by Gasteiger charge is 2.47. The Kier molecular flexibility index (Phi) is 6.06. The number of likely N-dealkylation sites (tertiary alicyclic amines) is 1. The van der Waals surface area contributed by atoms with Crippen LogP contribution in [0.4, 0.5) is 0 Å². The van der Waals surface area contributed by atoms with Crippen molar-refractivity contribution < 1.29 is 23.9 Å². The molecule has 2 aliphatic rings. The van der Waals surface area contributed by atoms with E-state index < -0.39 is 17.9 Å².